The zero-order valence-electron chi connectivity index (χ0n) is 14.5. The molecule has 0 aliphatic heterocycles. The second-order valence-electron chi connectivity index (χ2n) is 7.26. The molecule has 2 aliphatic rings. The minimum atomic E-state index is -4.55. The van der Waals surface area contributed by atoms with Gasteiger partial charge in [-0.05, 0) is 50.9 Å². The van der Waals surface area contributed by atoms with E-state index in [0.717, 1.165) is 22.2 Å². The molecule has 2 saturated carbocycles. The molecule has 0 unspecified atom stereocenters. The molecule has 1 aromatic heterocycles. The molecular weight excluding hydrogens is 353 g/mol. The molecule has 0 radical (unpaired) electrons. The van der Waals surface area contributed by atoms with Gasteiger partial charge >= 0.3 is 6.18 Å². The summed E-state index contributed by atoms with van der Waals surface area (Å²) in [5, 5.41) is 9.35. The summed E-state index contributed by atoms with van der Waals surface area (Å²) in [5.74, 6) is 0.804. The van der Waals surface area contributed by atoms with Crippen LogP contribution in [-0.4, -0.2) is 32.0 Å². The van der Waals surface area contributed by atoms with Crippen molar-refractivity contribution >= 4 is 17.7 Å². The van der Waals surface area contributed by atoms with Gasteiger partial charge < -0.3 is 9.88 Å². The number of amides is 1. The van der Waals surface area contributed by atoms with Gasteiger partial charge in [0, 0.05) is 13.1 Å². The van der Waals surface area contributed by atoms with E-state index in [0.29, 0.717) is 11.8 Å². The Bertz CT molecular complexity index is 648. The largest absolute Gasteiger partial charge is 0.451 e. The highest BCUT2D eigenvalue weighted by atomic mass is 32.2. The van der Waals surface area contributed by atoms with Crippen LogP contribution in [0.3, 0.4) is 0 Å². The summed E-state index contributed by atoms with van der Waals surface area (Å²) in [4.78, 5) is 12.4. The first-order chi connectivity index (χ1) is 11.7. The fourth-order valence-corrected chi connectivity index (χ4v) is 5.05. The van der Waals surface area contributed by atoms with Gasteiger partial charge in [0.05, 0.1) is 5.25 Å². The standard InChI is InChI=1S/C16H23F3N4OS/c1-8(12-7-10-4-5-11(12)6-10)20-13(24)9(2)25-15-22-21-14(23(15)3)16(17,18)19/h8-12H,4-7H2,1-3H3,(H,20,24)/t8-,9-,10-,11-,12+/m0/s1. The smallest absolute Gasteiger partial charge is 0.352 e. The van der Waals surface area contributed by atoms with Gasteiger partial charge in [0.2, 0.25) is 11.7 Å². The second kappa shape index (κ2) is 6.81. The van der Waals surface area contributed by atoms with Crippen molar-refractivity contribution < 1.29 is 18.0 Å². The van der Waals surface area contributed by atoms with Crippen LogP contribution in [0.2, 0.25) is 0 Å². The number of nitrogens with one attached hydrogen (secondary N) is 1. The van der Waals surface area contributed by atoms with Crippen LogP contribution in [0.15, 0.2) is 5.16 Å². The number of rotatable bonds is 5. The molecule has 0 spiro atoms. The summed E-state index contributed by atoms with van der Waals surface area (Å²) in [6.07, 6.45) is 0.448. The molecule has 5 nitrogen and oxygen atoms in total. The normalized spacial score (nSPS) is 28.2. The lowest BCUT2D eigenvalue weighted by Gasteiger charge is -2.29. The Morgan fingerprint density at radius 3 is 2.52 bits per heavy atom. The molecule has 9 heteroatoms. The number of aromatic nitrogens is 3. The van der Waals surface area contributed by atoms with E-state index in [4.69, 9.17) is 0 Å². The lowest BCUT2D eigenvalue weighted by atomic mass is 9.84. The predicted octanol–water partition coefficient (Wildman–Crippen LogP) is 3.26. The fraction of sp³-hybridized carbons (Fsp3) is 0.812. The molecule has 140 valence electrons. The van der Waals surface area contributed by atoms with Crippen molar-refractivity contribution in [3.05, 3.63) is 5.82 Å². The summed E-state index contributed by atoms with van der Waals surface area (Å²) >= 11 is 0.992. The van der Waals surface area contributed by atoms with Crippen molar-refractivity contribution in [3.63, 3.8) is 0 Å². The number of hydrogen-bond acceptors (Lipinski definition) is 4. The van der Waals surface area contributed by atoms with Gasteiger partial charge in [0.1, 0.15) is 0 Å². The number of fused-ring (bicyclic) bond motifs is 2. The van der Waals surface area contributed by atoms with Crippen molar-refractivity contribution in [2.75, 3.05) is 0 Å². The third-order valence-corrected chi connectivity index (χ3v) is 6.68. The van der Waals surface area contributed by atoms with Gasteiger partial charge in [-0.15, -0.1) is 10.2 Å². The average Bonchev–Trinajstić information content (AvgIpc) is 3.22. The fourth-order valence-electron chi connectivity index (χ4n) is 4.23. The zero-order valence-corrected chi connectivity index (χ0v) is 15.3. The van der Waals surface area contributed by atoms with E-state index in [2.05, 4.69) is 15.5 Å². The lowest BCUT2D eigenvalue weighted by molar-refractivity contribution is -0.147. The van der Waals surface area contributed by atoms with Crippen LogP contribution in [0.1, 0.15) is 45.4 Å². The molecule has 3 rings (SSSR count). The minimum Gasteiger partial charge on any atom is -0.352 e. The topological polar surface area (TPSA) is 59.8 Å². The van der Waals surface area contributed by atoms with Crippen LogP contribution < -0.4 is 5.32 Å². The Morgan fingerprint density at radius 1 is 1.28 bits per heavy atom. The summed E-state index contributed by atoms with van der Waals surface area (Å²) in [5.41, 5.74) is 0. The highest BCUT2D eigenvalue weighted by molar-refractivity contribution is 8.00. The first-order valence-corrected chi connectivity index (χ1v) is 9.48. The van der Waals surface area contributed by atoms with Crippen LogP contribution in [0.5, 0.6) is 0 Å². The third-order valence-electron chi connectivity index (χ3n) is 5.54. The SMILES string of the molecule is C[C@H](Sc1nnc(C(F)(F)F)n1C)C(=O)N[C@@H](C)[C@H]1C[C@H]2CC[C@H]1C2. The quantitative estimate of drug-likeness (QED) is 0.802. The van der Waals surface area contributed by atoms with Gasteiger partial charge in [-0.3, -0.25) is 4.79 Å². The number of alkyl halides is 3. The number of carbonyl (C=O) groups excluding carboxylic acids is 1. The third kappa shape index (κ3) is 3.80. The molecule has 2 aliphatic carbocycles. The highest BCUT2D eigenvalue weighted by Gasteiger charge is 2.42. The van der Waals surface area contributed by atoms with Gasteiger partial charge in [0.15, 0.2) is 5.16 Å². The zero-order chi connectivity index (χ0) is 18.4. The van der Waals surface area contributed by atoms with Crippen LogP contribution in [-0.2, 0) is 18.0 Å². The number of thioether (sulfide) groups is 1. The highest BCUT2D eigenvalue weighted by Crippen LogP contribution is 2.49. The molecular formula is C16H23F3N4OS. The molecule has 0 aromatic carbocycles. The van der Waals surface area contributed by atoms with Crippen LogP contribution >= 0.6 is 11.8 Å². The maximum absolute atomic E-state index is 12.8. The first-order valence-electron chi connectivity index (χ1n) is 8.60. The van der Waals surface area contributed by atoms with Gasteiger partial charge in [0.25, 0.3) is 0 Å². The molecule has 2 bridgehead atoms. The molecule has 0 saturated heterocycles. The van der Waals surface area contributed by atoms with E-state index >= 15 is 0 Å². The maximum Gasteiger partial charge on any atom is 0.451 e. The van der Waals surface area contributed by atoms with E-state index in [9.17, 15) is 18.0 Å². The van der Waals surface area contributed by atoms with Crippen molar-refractivity contribution in [2.24, 2.45) is 24.8 Å². The lowest BCUT2D eigenvalue weighted by Crippen LogP contribution is -2.43. The van der Waals surface area contributed by atoms with E-state index in [1.807, 2.05) is 6.92 Å². The predicted molar refractivity (Wildman–Crippen MR) is 87.9 cm³/mol. The molecule has 2 fully saturated rings. The van der Waals surface area contributed by atoms with E-state index in [1.54, 1.807) is 6.92 Å². The molecule has 5 atom stereocenters. The van der Waals surface area contributed by atoms with Gasteiger partial charge in [-0.1, -0.05) is 18.2 Å². The van der Waals surface area contributed by atoms with Crippen LogP contribution in [0.4, 0.5) is 13.2 Å². The van der Waals surface area contributed by atoms with Crippen LogP contribution in [0.25, 0.3) is 0 Å². The first kappa shape index (κ1) is 18.5. The van der Waals surface area contributed by atoms with Crippen LogP contribution in [0, 0.1) is 17.8 Å². The number of carbonyl (C=O) groups is 1. The molecule has 25 heavy (non-hydrogen) atoms. The Kier molecular flexibility index (Phi) is 5.05. The second-order valence-corrected chi connectivity index (χ2v) is 8.57. The summed E-state index contributed by atoms with van der Waals surface area (Å²) in [6.45, 7) is 3.71. The molecule has 1 N–H and O–H groups in total. The number of hydrogen-bond donors (Lipinski definition) is 1. The monoisotopic (exact) mass is 376 g/mol. The van der Waals surface area contributed by atoms with E-state index < -0.39 is 17.3 Å². The van der Waals surface area contributed by atoms with Crippen molar-refractivity contribution in [2.45, 2.75) is 62.2 Å². The number of nitrogens with zero attached hydrogens (tertiary/aromatic N) is 3. The Morgan fingerprint density at radius 2 is 2.00 bits per heavy atom. The average molecular weight is 376 g/mol. The number of halogens is 3. The molecule has 1 heterocycles. The van der Waals surface area contributed by atoms with E-state index in [1.165, 1.54) is 32.7 Å². The molecule has 1 aromatic rings. The summed E-state index contributed by atoms with van der Waals surface area (Å²) in [7, 11) is 1.26. The molecule has 1 amide bonds. The van der Waals surface area contributed by atoms with Gasteiger partial charge in [-0.25, -0.2) is 0 Å². The Balaban J connectivity index is 1.57. The van der Waals surface area contributed by atoms with Crippen molar-refractivity contribution in [1.82, 2.24) is 20.1 Å². The van der Waals surface area contributed by atoms with Crippen molar-refractivity contribution in [1.29, 1.82) is 0 Å². The summed E-state index contributed by atoms with van der Waals surface area (Å²) in [6, 6.07) is 0.0936. The summed E-state index contributed by atoms with van der Waals surface area (Å²) < 4.78 is 39.2. The van der Waals surface area contributed by atoms with Crippen molar-refractivity contribution in [3.8, 4) is 0 Å². The minimum absolute atomic E-state index is 0.0857. The Labute approximate surface area is 149 Å². The Hall–Kier alpha value is -1.25. The van der Waals surface area contributed by atoms with E-state index in [-0.39, 0.29) is 17.1 Å². The van der Waals surface area contributed by atoms with Gasteiger partial charge in [-0.2, -0.15) is 13.2 Å². The maximum atomic E-state index is 12.8.